The zero-order valence-electron chi connectivity index (χ0n) is 10.2. The first-order chi connectivity index (χ1) is 7.99. The maximum absolute atomic E-state index is 11.8. The van der Waals surface area contributed by atoms with Crippen LogP contribution >= 0.6 is 0 Å². The Kier molecular flexibility index (Phi) is 5.65. The third-order valence-electron chi connectivity index (χ3n) is 2.56. The minimum Gasteiger partial charge on any atom is -0.393 e. The van der Waals surface area contributed by atoms with Crippen molar-refractivity contribution in [1.29, 1.82) is 0 Å². The van der Waals surface area contributed by atoms with Crippen molar-refractivity contribution in [3.8, 4) is 0 Å². The molecule has 0 bridgehead atoms. The monoisotopic (exact) mass is 256 g/mol. The lowest BCUT2D eigenvalue weighted by Crippen LogP contribution is -2.10. The van der Waals surface area contributed by atoms with E-state index in [4.69, 9.17) is 5.11 Å². The normalized spacial score (nSPS) is 13.5. The van der Waals surface area contributed by atoms with Gasteiger partial charge in [-0.05, 0) is 31.7 Å². The van der Waals surface area contributed by atoms with Gasteiger partial charge in [0.2, 0.25) is 0 Å². The van der Waals surface area contributed by atoms with Crippen LogP contribution in [0.4, 0.5) is 0 Å². The topological polar surface area (TPSA) is 54.4 Å². The van der Waals surface area contributed by atoms with E-state index >= 15 is 0 Å². The van der Waals surface area contributed by atoms with E-state index < -0.39 is 9.84 Å². The fourth-order valence-corrected chi connectivity index (χ4v) is 3.15. The molecule has 1 aromatic carbocycles. The SMILES string of the molecule is CC(O)CCCCS(=O)(=O)Cc1ccccc1. The van der Waals surface area contributed by atoms with E-state index in [1.807, 2.05) is 30.3 Å². The lowest BCUT2D eigenvalue weighted by molar-refractivity contribution is 0.181. The van der Waals surface area contributed by atoms with Crippen molar-refractivity contribution in [2.45, 2.75) is 38.0 Å². The number of aliphatic hydroxyl groups is 1. The predicted molar refractivity (Wildman–Crippen MR) is 69.5 cm³/mol. The second-order valence-electron chi connectivity index (χ2n) is 4.42. The molecule has 0 radical (unpaired) electrons. The van der Waals surface area contributed by atoms with Crippen molar-refractivity contribution in [3.05, 3.63) is 35.9 Å². The molecule has 1 unspecified atom stereocenters. The molecule has 1 aromatic rings. The van der Waals surface area contributed by atoms with Crippen LogP contribution in [0.25, 0.3) is 0 Å². The van der Waals surface area contributed by atoms with E-state index in [0.29, 0.717) is 12.8 Å². The van der Waals surface area contributed by atoms with Crippen LogP contribution in [0.5, 0.6) is 0 Å². The van der Waals surface area contributed by atoms with Gasteiger partial charge in [-0.1, -0.05) is 30.3 Å². The number of benzene rings is 1. The second kappa shape index (κ2) is 6.77. The molecule has 3 nitrogen and oxygen atoms in total. The van der Waals surface area contributed by atoms with Crippen molar-refractivity contribution < 1.29 is 13.5 Å². The predicted octanol–water partition coefficient (Wildman–Crippen LogP) is 2.15. The highest BCUT2D eigenvalue weighted by molar-refractivity contribution is 7.90. The van der Waals surface area contributed by atoms with Gasteiger partial charge in [0.1, 0.15) is 0 Å². The molecule has 0 spiro atoms. The van der Waals surface area contributed by atoms with Crippen LogP contribution in [-0.2, 0) is 15.6 Å². The Balaban J connectivity index is 2.37. The van der Waals surface area contributed by atoms with Crippen molar-refractivity contribution >= 4 is 9.84 Å². The number of sulfone groups is 1. The Morgan fingerprint density at radius 3 is 2.41 bits per heavy atom. The number of aliphatic hydroxyl groups excluding tert-OH is 1. The Labute approximate surface area is 103 Å². The van der Waals surface area contributed by atoms with Gasteiger partial charge in [0.15, 0.2) is 9.84 Å². The third-order valence-corrected chi connectivity index (χ3v) is 4.24. The molecule has 0 saturated heterocycles. The van der Waals surface area contributed by atoms with E-state index in [9.17, 15) is 8.42 Å². The summed E-state index contributed by atoms with van der Waals surface area (Å²) in [7, 11) is -3.01. The zero-order chi connectivity index (χ0) is 12.7. The highest BCUT2D eigenvalue weighted by Gasteiger charge is 2.11. The summed E-state index contributed by atoms with van der Waals surface area (Å²) in [6, 6.07) is 9.22. The van der Waals surface area contributed by atoms with Crippen LogP contribution < -0.4 is 0 Å². The molecule has 1 N–H and O–H groups in total. The summed E-state index contributed by atoms with van der Waals surface area (Å²) in [5, 5.41) is 9.07. The first-order valence-electron chi connectivity index (χ1n) is 5.92. The molecule has 0 saturated carbocycles. The fraction of sp³-hybridized carbons (Fsp3) is 0.538. The van der Waals surface area contributed by atoms with Crippen LogP contribution in [0.15, 0.2) is 30.3 Å². The van der Waals surface area contributed by atoms with Crippen molar-refractivity contribution in [2.75, 3.05) is 5.75 Å². The van der Waals surface area contributed by atoms with E-state index in [2.05, 4.69) is 0 Å². The van der Waals surface area contributed by atoms with E-state index in [1.165, 1.54) is 0 Å². The molecule has 0 aliphatic rings. The quantitative estimate of drug-likeness (QED) is 0.761. The van der Waals surface area contributed by atoms with Gasteiger partial charge < -0.3 is 5.11 Å². The van der Waals surface area contributed by atoms with Crippen LogP contribution in [0, 0.1) is 0 Å². The average molecular weight is 256 g/mol. The van der Waals surface area contributed by atoms with Gasteiger partial charge in [0, 0.05) is 0 Å². The minimum absolute atomic E-state index is 0.114. The maximum Gasteiger partial charge on any atom is 0.154 e. The van der Waals surface area contributed by atoms with Crippen molar-refractivity contribution in [2.24, 2.45) is 0 Å². The molecule has 0 aromatic heterocycles. The zero-order valence-corrected chi connectivity index (χ0v) is 11.0. The molecular formula is C13H20O3S. The molecular weight excluding hydrogens is 236 g/mol. The van der Waals surface area contributed by atoms with E-state index in [-0.39, 0.29) is 17.6 Å². The second-order valence-corrected chi connectivity index (χ2v) is 6.61. The number of unbranched alkanes of at least 4 members (excludes halogenated alkanes) is 1. The molecule has 1 atom stereocenters. The molecule has 96 valence electrons. The van der Waals surface area contributed by atoms with Gasteiger partial charge in [-0.2, -0.15) is 0 Å². The summed E-state index contributed by atoms with van der Waals surface area (Å²) in [4.78, 5) is 0. The highest BCUT2D eigenvalue weighted by atomic mass is 32.2. The minimum atomic E-state index is -3.01. The third kappa shape index (κ3) is 6.44. The van der Waals surface area contributed by atoms with E-state index in [0.717, 1.165) is 12.0 Å². The van der Waals surface area contributed by atoms with Crippen LogP contribution in [-0.4, -0.2) is 25.4 Å². The first-order valence-corrected chi connectivity index (χ1v) is 7.74. The average Bonchev–Trinajstić information content (AvgIpc) is 2.25. The summed E-state index contributed by atoms with van der Waals surface area (Å²) >= 11 is 0. The number of hydrogen-bond acceptors (Lipinski definition) is 3. The summed E-state index contributed by atoms with van der Waals surface area (Å²) in [6.45, 7) is 1.72. The smallest absolute Gasteiger partial charge is 0.154 e. The summed E-state index contributed by atoms with van der Waals surface area (Å²) in [5.74, 6) is 0.317. The highest BCUT2D eigenvalue weighted by Crippen LogP contribution is 2.09. The molecule has 0 aliphatic heterocycles. The summed E-state index contributed by atoms with van der Waals surface area (Å²) in [6.07, 6.45) is 1.71. The van der Waals surface area contributed by atoms with Gasteiger partial charge in [-0.15, -0.1) is 0 Å². The number of hydrogen-bond donors (Lipinski definition) is 1. The maximum atomic E-state index is 11.8. The van der Waals surface area contributed by atoms with Crippen molar-refractivity contribution in [1.82, 2.24) is 0 Å². The molecule has 0 fully saturated rings. The van der Waals surface area contributed by atoms with Gasteiger partial charge in [0.05, 0.1) is 17.6 Å². The lowest BCUT2D eigenvalue weighted by atomic mass is 10.2. The molecule has 0 heterocycles. The summed E-state index contributed by atoms with van der Waals surface area (Å²) in [5.41, 5.74) is 0.836. The Hall–Kier alpha value is -0.870. The molecule has 0 amide bonds. The largest absolute Gasteiger partial charge is 0.393 e. The van der Waals surface area contributed by atoms with Gasteiger partial charge in [-0.3, -0.25) is 0 Å². The Bertz CT molecular complexity index is 410. The lowest BCUT2D eigenvalue weighted by Gasteiger charge is -2.05. The standard InChI is InChI=1S/C13H20O3S/c1-12(14)7-5-6-10-17(15,16)11-13-8-3-2-4-9-13/h2-4,8-9,12,14H,5-7,10-11H2,1H3. The molecule has 1 rings (SSSR count). The van der Waals surface area contributed by atoms with Crippen LogP contribution in [0.1, 0.15) is 31.7 Å². The van der Waals surface area contributed by atoms with Crippen molar-refractivity contribution in [3.63, 3.8) is 0 Å². The van der Waals surface area contributed by atoms with Crippen LogP contribution in [0.2, 0.25) is 0 Å². The summed E-state index contributed by atoms with van der Waals surface area (Å²) < 4.78 is 23.6. The van der Waals surface area contributed by atoms with Gasteiger partial charge in [0.25, 0.3) is 0 Å². The Morgan fingerprint density at radius 2 is 1.82 bits per heavy atom. The molecule has 0 aliphatic carbocycles. The molecule has 17 heavy (non-hydrogen) atoms. The van der Waals surface area contributed by atoms with Crippen LogP contribution in [0.3, 0.4) is 0 Å². The number of rotatable bonds is 7. The fourth-order valence-electron chi connectivity index (χ4n) is 1.66. The van der Waals surface area contributed by atoms with Gasteiger partial charge >= 0.3 is 0 Å². The first kappa shape index (κ1) is 14.2. The van der Waals surface area contributed by atoms with E-state index in [1.54, 1.807) is 6.92 Å². The van der Waals surface area contributed by atoms with Gasteiger partial charge in [-0.25, -0.2) is 8.42 Å². The molecule has 4 heteroatoms. The Morgan fingerprint density at radius 1 is 1.18 bits per heavy atom.